The molecule has 4 heteroatoms. The number of hydrogen-bond donors (Lipinski definition) is 1. The fourth-order valence-corrected chi connectivity index (χ4v) is 4.65. The summed E-state index contributed by atoms with van der Waals surface area (Å²) in [5.41, 5.74) is 7.06. The van der Waals surface area contributed by atoms with Gasteiger partial charge in [-0.3, -0.25) is 0 Å². The van der Waals surface area contributed by atoms with Crippen LogP contribution in [0.1, 0.15) is 45.2 Å². The summed E-state index contributed by atoms with van der Waals surface area (Å²) in [5, 5.41) is -0.496. The minimum atomic E-state index is -3.16. The SMILES string of the molecule is CCC(C)CS(=O)(=O)C(CC)C(N)c1ccccc1. The van der Waals surface area contributed by atoms with Gasteiger partial charge in [-0.25, -0.2) is 8.42 Å². The molecular formula is C15H25NO2S. The minimum Gasteiger partial charge on any atom is -0.323 e. The number of hydrogen-bond acceptors (Lipinski definition) is 3. The average molecular weight is 283 g/mol. The molecule has 0 aliphatic heterocycles. The zero-order chi connectivity index (χ0) is 14.5. The molecule has 0 bridgehead atoms. The van der Waals surface area contributed by atoms with Crippen LogP contribution in [0, 0.1) is 5.92 Å². The van der Waals surface area contributed by atoms with Crippen LogP contribution in [-0.4, -0.2) is 19.4 Å². The quantitative estimate of drug-likeness (QED) is 0.837. The van der Waals surface area contributed by atoms with E-state index in [0.29, 0.717) is 6.42 Å². The molecule has 0 saturated heterocycles. The highest BCUT2D eigenvalue weighted by Crippen LogP contribution is 2.24. The van der Waals surface area contributed by atoms with Gasteiger partial charge in [-0.05, 0) is 17.9 Å². The van der Waals surface area contributed by atoms with Crippen molar-refractivity contribution in [1.82, 2.24) is 0 Å². The topological polar surface area (TPSA) is 60.2 Å². The van der Waals surface area contributed by atoms with E-state index in [0.717, 1.165) is 12.0 Å². The van der Waals surface area contributed by atoms with Gasteiger partial charge in [-0.15, -0.1) is 0 Å². The summed E-state index contributed by atoms with van der Waals surface area (Å²) >= 11 is 0. The van der Waals surface area contributed by atoms with Crippen LogP contribution in [0.2, 0.25) is 0 Å². The van der Waals surface area contributed by atoms with Gasteiger partial charge in [0.25, 0.3) is 0 Å². The summed E-state index contributed by atoms with van der Waals surface area (Å²) in [5.74, 6) is 0.407. The molecule has 3 atom stereocenters. The van der Waals surface area contributed by atoms with Gasteiger partial charge in [0.15, 0.2) is 9.84 Å². The summed E-state index contributed by atoms with van der Waals surface area (Å²) in [7, 11) is -3.16. The summed E-state index contributed by atoms with van der Waals surface area (Å²) in [6.45, 7) is 5.87. The van der Waals surface area contributed by atoms with E-state index in [1.54, 1.807) is 0 Å². The molecule has 1 aromatic carbocycles. The van der Waals surface area contributed by atoms with Crippen molar-refractivity contribution in [2.45, 2.75) is 44.9 Å². The van der Waals surface area contributed by atoms with Crippen molar-refractivity contribution >= 4 is 9.84 Å². The van der Waals surface area contributed by atoms with Crippen molar-refractivity contribution in [2.24, 2.45) is 11.7 Å². The molecule has 0 fully saturated rings. The highest BCUT2D eigenvalue weighted by Gasteiger charge is 2.31. The van der Waals surface area contributed by atoms with Gasteiger partial charge in [0.1, 0.15) is 0 Å². The van der Waals surface area contributed by atoms with E-state index in [1.165, 1.54) is 0 Å². The number of sulfone groups is 1. The first-order valence-corrected chi connectivity index (χ1v) is 8.66. The van der Waals surface area contributed by atoms with Crippen molar-refractivity contribution in [3.05, 3.63) is 35.9 Å². The Hall–Kier alpha value is -0.870. The molecule has 108 valence electrons. The van der Waals surface area contributed by atoms with Gasteiger partial charge in [0, 0.05) is 6.04 Å². The lowest BCUT2D eigenvalue weighted by molar-refractivity contribution is 0.527. The van der Waals surface area contributed by atoms with Crippen molar-refractivity contribution in [3.63, 3.8) is 0 Å². The first kappa shape index (κ1) is 16.2. The maximum atomic E-state index is 12.5. The van der Waals surface area contributed by atoms with E-state index in [9.17, 15) is 8.42 Å². The first-order valence-electron chi connectivity index (χ1n) is 6.94. The second-order valence-electron chi connectivity index (χ2n) is 5.23. The fourth-order valence-electron chi connectivity index (χ4n) is 2.26. The molecule has 3 unspecified atom stereocenters. The Morgan fingerprint density at radius 3 is 2.16 bits per heavy atom. The molecule has 0 saturated carbocycles. The Bertz CT molecular complexity index is 470. The number of rotatable bonds is 7. The van der Waals surface area contributed by atoms with Gasteiger partial charge in [-0.2, -0.15) is 0 Å². The van der Waals surface area contributed by atoms with Gasteiger partial charge < -0.3 is 5.73 Å². The van der Waals surface area contributed by atoms with Crippen LogP contribution in [0.5, 0.6) is 0 Å². The third-order valence-corrected chi connectivity index (χ3v) is 6.25. The highest BCUT2D eigenvalue weighted by atomic mass is 32.2. The lowest BCUT2D eigenvalue weighted by atomic mass is 10.0. The van der Waals surface area contributed by atoms with Crippen molar-refractivity contribution in [3.8, 4) is 0 Å². The smallest absolute Gasteiger partial charge is 0.155 e. The maximum Gasteiger partial charge on any atom is 0.155 e. The molecule has 2 N–H and O–H groups in total. The molecule has 0 radical (unpaired) electrons. The molecule has 0 aromatic heterocycles. The van der Waals surface area contributed by atoms with E-state index in [4.69, 9.17) is 5.73 Å². The summed E-state index contributed by atoms with van der Waals surface area (Å²) in [6.07, 6.45) is 1.42. The largest absolute Gasteiger partial charge is 0.323 e. The Morgan fingerprint density at radius 2 is 1.68 bits per heavy atom. The fraction of sp³-hybridized carbons (Fsp3) is 0.600. The Kier molecular flexibility index (Phi) is 6.01. The molecule has 1 aromatic rings. The van der Waals surface area contributed by atoms with Crippen LogP contribution in [0.3, 0.4) is 0 Å². The molecule has 0 aliphatic carbocycles. The average Bonchev–Trinajstić information content (AvgIpc) is 2.39. The van der Waals surface area contributed by atoms with Gasteiger partial charge >= 0.3 is 0 Å². The van der Waals surface area contributed by atoms with Crippen LogP contribution in [-0.2, 0) is 9.84 Å². The molecule has 0 heterocycles. The third-order valence-electron chi connectivity index (χ3n) is 3.66. The third kappa shape index (κ3) is 4.32. The van der Waals surface area contributed by atoms with Crippen LogP contribution >= 0.6 is 0 Å². The molecule has 0 aliphatic rings. The van der Waals surface area contributed by atoms with Gasteiger partial charge in [-0.1, -0.05) is 57.5 Å². The normalized spacial score (nSPS) is 16.8. The zero-order valence-corrected chi connectivity index (χ0v) is 12.9. The molecule has 0 spiro atoms. The predicted molar refractivity (Wildman–Crippen MR) is 80.7 cm³/mol. The summed E-state index contributed by atoms with van der Waals surface area (Å²) in [6, 6.07) is 9.04. The zero-order valence-electron chi connectivity index (χ0n) is 12.0. The Morgan fingerprint density at radius 1 is 1.11 bits per heavy atom. The minimum absolute atomic E-state index is 0.182. The molecule has 3 nitrogen and oxygen atoms in total. The standard InChI is InChI=1S/C15H25NO2S/c1-4-12(3)11-19(17,18)14(5-2)15(16)13-9-7-6-8-10-13/h6-10,12,14-15H,4-5,11,16H2,1-3H3. The predicted octanol–water partition coefficient (Wildman–Crippen LogP) is 2.93. The van der Waals surface area contributed by atoms with Crippen molar-refractivity contribution < 1.29 is 8.42 Å². The van der Waals surface area contributed by atoms with Gasteiger partial charge in [0.2, 0.25) is 0 Å². The number of benzene rings is 1. The number of nitrogens with two attached hydrogens (primary N) is 1. The Labute approximate surface area is 117 Å². The highest BCUT2D eigenvalue weighted by molar-refractivity contribution is 7.92. The van der Waals surface area contributed by atoms with E-state index >= 15 is 0 Å². The summed E-state index contributed by atoms with van der Waals surface area (Å²) < 4.78 is 24.9. The lowest BCUT2D eigenvalue weighted by Crippen LogP contribution is -2.36. The van der Waals surface area contributed by atoms with Gasteiger partial charge in [0.05, 0.1) is 11.0 Å². The molecule has 1 rings (SSSR count). The van der Waals surface area contributed by atoms with E-state index in [2.05, 4.69) is 0 Å². The van der Waals surface area contributed by atoms with E-state index < -0.39 is 21.1 Å². The Balaban J connectivity index is 2.94. The maximum absolute atomic E-state index is 12.5. The monoisotopic (exact) mass is 283 g/mol. The van der Waals surface area contributed by atoms with Crippen LogP contribution in [0.15, 0.2) is 30.3 Å². The van der Waals surface area contributed by atoms with Crippen LogP contribution in [0.4, 0.5) is 0 Å². The van der Waals surface area contributed by atoms with Crippen molar-refractivity contribution in [1.29, 1.82) is 0 Å². The van der Waals surface area contributed by atoms with Crippen molar-refractivity contribution in [2.75, 3.05) is 5.75 Å². The lowest BCUT2D eigenvalue weighted by Gasteiger charge is -2.24. The van der Waals surface area contributed by atoms with Crippen LogP contribution in [0.25, 0.3) is 0 Å². The van der Waals surface area contributed by atoms with E-state index in [-0.39, 0.29) is 11.7 Å². The second-order valence-corrected chi connectivity index (χ2v) is 7.49. The molecule has 0 amide bonds. The summed E-state index contributed by atoms with van der Waals surface area (Å²) in [4.78, 5) is 0. The molecule has 19 heavy (non-hydrogen) atoms. The molecular weight excluding hydrogens is 258 g/mol. The first-order chi connectivity index (χ1) is 8.92. The second kappa shape index (κ2) is 7.06. The van der Waals surface area contributed by atoms with E-state index in [1.807, 2.05) is 51.1 Å². The van der Waals surface area contributed by atoms with Crippen LogP contribution < -0.4 is 5.73 Å².